The van der Waals surface area contributed by atoms with Gasteiger partial charge in [-0.2, -0.15) is 4.57 Å². The second kappa shape index (κ2) is 8.66. The fraction of sp³-hybridized carbons (Fsp3) is 0.611. The van der Waals surface area contributed by atoms with Crippen molar-refractivity contribution in [2.75, 3.05) is 13.2 Å². The second-order valence-electron chi connectivity index (χ2n) is 6.66. The molecule has 6 nitrogen and oxygen atoms in total. The van der Waals surface area contributed by atoms with Crippen LogP contribution >= 0.6 is 0 Å². The monoisotopic (exact) mass is 335 g/mol. The van der Waals surface area contributed by atoms with Gasteiger partial charge in [-0.25, -0.2) is 4.79 Å². The van der Waals surface area contributed by atoms with Gasteiger partial charge in [-0.05, 0) is 31.2 Å². The van der Waals surface area contributed by atoms with Gasteiger partial charge in [-0.15, -0.1) is 0 Å². The van der Waals surface area contributed by atoms with Crippen molar-refractivity contribution in [3.05, 3.63) is 30.1 Å². The number of likely N-dealkylation sites (tertiary alicyclic amines) is 1. The van der Waals surface area contributed by atoms with Crippen LogP contribution in [0.25, 0.3) is 0 Å². The van der Waals surface area contributed by atoms with Crippen molar-refractivity contribution in [1.82, 2.24) is 4.90 Å². The molecule has 0 spiro atoms. The Bertz CT molecular complexity index is 574. The average Bonchev–Trinajstić information content (AvgIpc) is 2.99. The number of nitrogens with zero attached hydrogens (tertiary/aromatic N) is 2. The molecule has 0 bridgehead atoms. The van der Waals surface area contributed by atoms with Gasteiger partial charge < -0.3 is 14.4 Å². The van der Waals surface area contributed by atoms with Crippen molar-refractivity contribution in [2.24, 2.45) is 5.92 Å². The lowest BCUT2D eigenvalue weighted by atomic mass is 10.1. The molecule has 1 fully saturated rings. The molecule has 1 aliphatic heterocycles. The van der Waals surface area contributed by atoms with Crippen LogP contribution in [0.2, 0.25) is 0 Å². The maximum atomic E-state index is 12.3. The summed E-state index contributed by atoms with van der Waals surface area (Å²) in [5, 5.41) is 0. The summed E-state index contributed by atoms with van der Waals surface area (Å²) in [5.74, 6) is 0.253. The number of carbonyl (C=O) groups excluding carboxylic acids is 2. The zero-order valence-electron chi connectivity index (χ0n) is 14.7. The third kappa shape index (κ3) is 5.51. The van der Waals surface area contributed by atoms with E-state index in [-0.39, 0.29) is 31.4 Å². The summed E-state index contributed by atoms with van der Waals surface area (Å²) in [5.41, 5.74) is 1.22. The van der Waals surface area contributed by atoms with Gasteiger partial charge in [0.25, 0.3) is 6.73 Å². The molecular formula is C18H27N2O4+. The number of rotatable bonds is 6. The molecule has 0 aromatic carbocycles. The second-order valence-corrected chi connectivity index (χ2v) is 6.66. The smallest absolute Gasteiger partial charge is 0.414 e. The Balaban J connectivity index is 1.87. The Morgan fingerprint density at radius 2 is 2.17 bits per heavy atom. The van der Waals surface area contributed by atoms with Crippen molar-refractivity contribution in [3.63, 3.8) is 0 Å². The summed E-state index contributed by atoms with van der Waals surface area (Å²) >= 11 is 0. The number of pyridine rings is 1. The van der Waals surface area contributed by atoms with Gasteiger partial charge in [-0.3, -0.25) is 4.79 Å². The fourth-order valence-electron chi connectivity index (χ4n) is 2.92. The van der Waals surface area contributed by atoms with Gasteiger partial charge in [-0.1, -0.05) is 13.8 Å². The summed E-state index contributed by atoms with van der Waals surface area (Å²) in [7, 11) is 0. The molecule has 1 atom stereocenters. The highest BCUT2D eigenvalue weighted by atomic mass is 16.6. The standard InChI is InChI=1S/C18H27N2O4/c1-14(2)10-16-6-4-8-19(11-16)13-24-18(22)20-9-5-7-17(20)12-23-15(3)21/h4,6,8,11,14,17H,5,7,9-10,12-13H2,1-3H3/q+1. The van der Waals surface area contributed by atoms with E-state index in [9.17, 15) is 9.59 Å². The molecule has 0 N–H and O–H groups in total. The Labute approximate surface area is 143 Å². The zero-order valence-corrected chi connectivity index (χ0v) is 14.7. The van der Waals surface area contributed by atoms with Gasteiger partial charge >= 0.3 is 12.1 Å². The van der Waals surface area contributed by atoms with E-state index < -0.39 is 0 Å². The molecule has 1 amide bonds. The van der Waals surface area contributed by atoms with Gasteiger partial charge in [0.05, 0.1) is 6.04 Å². The highest BCUT2D eigenvalue weighted by Crippen LogP contribution is 2.18. The van der Waals surface area contributed by atoms with Crippen LogP contribution in [-0.2, 0) is 27.4 Å². The third-order valence-corrected chi connectivity index (χ3v) is 3.99. The molecule has 1 unspecified atom stereocenters. The molecule has 0 saturated carbocycles. The highest BCUT2D eigenvalue weighted by Gasteiger charge is 2.31. The normalized spacial score (nSPS) is 17.2. The zero-order chi connectivity index (χ0) is 17.5. The largest absolute Gasteiger partial charge is 0.464 e. The van der Waals surface area contributed by atoms with E-state index in [4.69, 9.17) is 9.47 Å². The Morgan fingerprint density at radius 3 is 2.88 bits per heavy atom. The number of amides is 1. The predicted octanol–water partition coefficient (Wildman–Crippen LogP) is 2.29. The average molecular weight is 335 g/mol. The van der Waals surface area contributed by atoms with Crippen LogP contribution < -0.4 is 4.57 Å². The SMILES string of the molecule is CC(=O)OCC1CCCN1C(=O)OC[n+]1cccc(CC(C)C)c1. The van der Waals surface area contributed by atoms with Gasteiger partial charge in [0.15, 0.2) is 12.4 Å². The Hall–Kier alpha value is -2.11. The first-order chi connectivity index (χ1) is 11.5. The topological polar surface area (TPSA) is 59.7 Å². The quantitative estimate of drug-likeness (QED) is 0.591. The van der Waals surface area contributed by atoms with Gasteiger partial charge in [0, 0.05) is 25.1 Å². The van der Waals surface area contributed by atoms with E-state index in [0.717, 1.165) is 19.3 Å². The van der Waals surface area contributed by atoms with E-state index >= 15 is 0 Å². The molecule has 2 heterocycles. The third-order valence-electron chi connectivity index (χ3n) is 3.99. The first-order valence-electron chi connectivity index (χ1n) is 8.50. The minimum atomic E-state index is -0.355. The van der Waals surface area contributed by atoms with E-state index in [1.54, 1.807) is 4.90 Å². The molecule has 1 aliphatic rings. The molecule has 0 radical (unpaired) electrons. The number of hydrogen-bond acceptors (Lipinski definition) is 4. The summed E-state index contributed by atoms with van der Waals surface area (Å²) in [6.07, 6.45) is 6.26. The van der Waals surface area contributed by atoms with Crippen LogP contribution in [0, 0.1) is 5.92 Å². The molecule has 1 aromatic heterocycles. The van der Waals surface area contributed by atoms with E-state index in [2.05, 4.69) is 19.9 Å². The molecule has 0 aliphatic carbocycles. The number of hydrogen-bond donors (Lipinski definition) is 0. The van der Waals surface area contributed by atoms with Crippen molar-refractivity contribution in [1.29, 1.82) is 0 Å². The molecule has 132 valence electrons. The summed E-state index contributed by atoms with van der Waals surface area (Å²) in [4.78, 5) is 24.9. The summed E-state index contributed by atoms with van der Waals surface area (Å²) < 4.78 is 12.3. The molecule has 2 rings (SSSR count). The van der Waals surface area contributed by atoms with Crippen LogP contribution in [0.3, 0.4) is 0 Å². The molecule has 24 heavy (non-hydrogen) atoms. The lowest BCUT2D eigenvalue weighted by Gasteiger charge is -2.22. The van der Waals surface area contributed by atoms with Crippen LogP contribution in [0.4, 0.5) is 4.79 Å². The van der Waals surface area contributed by atoms with Gasteiger partial charge in [0.1, 0.15) is 6.61 Å². The minimum absolute atomic E-state index is 0.0846. The Kier molecular flexibility index (Phi) is 6.58. The minimum Gasteiger partial charge on any atom is -0.464 e. The maximum absolute atomic E-state index is 12.3. The lowest BCUT2D eigenvalue weighted by molar-refractivity contribution is -0.727. The molecule has 6 heteroatoms. The predicted molar refractivity (Wildman–Crippen MR) is 88.0 cm³/mol. The number of aromatic nitrogens is 1. The summed E-state index contributed by atoms with van der Waals surface area (Å²) in [6, 6.07) is 3.96. The Morgan fingerprint density at radius 1 is 1.38 bits per heavy atom. The molecule has 1 saturated heterocycles. The first kappa shape index (κ1) is 18.2. The van der Waals surface area contributed by atoms with E-state index in [1.807, 2.05) is 23.0 Å². The van der Waals surface area contributed by atoms with Gasteiger partial charge in [0.2, 0.25) is 0 Å². The first-order valence-corrected chi connectivity index (χ1v) is 8.50. The number of ether oxygens (including phenoxy) is 2. The number of esters is 1. The van der Waals surface area contributed by atoms with Crippen LogP contribution in [0.1, 0.15) is 39.2 Å². The van der Waals surface area contributed by atoms with Crippen LogP contribution in [0.5, 0.6) is 0 Å². The van der Waals surface area contributed by atoms with E-state index in [1.165, 1.54) is 12.5 Å². The highest BCUT2D eigenvalue weighted by molar-refractivity contribution is 5.68. The van der Waals surface area contributed by atoms with Crippen molar-refractivity contribution in [3.8, 4) is 0 Å². The fourth-order valence-corrected chi connectivity index (χ4v) is 2.92. The maximum Gasteiger partial charge on any atom is 0.414 e. The van der Waals surface area contributed by atoms with Crippen molar-refractivity contribution >= 4 is 12.1 Å². The molecule has 1 aromatic rings. The van der Waals surface area contributed by atoms with Crippen LogP contribution in [-0.4, -0.2) is 36.2 Å². The van der Waals surface area contributed by atoms with Crippen molar-refractivity contribution in [2.45, 2.75) is 52.8 Å². The number of carbonyl (C=O) groups is 2. The molecular weight excluding hydrogens is 308 g/mol. The van der Waals surface area contributed by atoms with Crippen LogP contribution in [0.15, 0.2) is 24.5 Å². The summed E-state index contributed by atoms with van der Waals surface area (Å²) in [6.45, 7) is 6.78. The van der Waals surface area contributed by atoms with Crippen molar-refractivity contribution < 1.29 is 23.6 Å². The van der Waals surface area contributed by atoms with E-state index in [0.29, 0.717) is 12.5 Å². The lowest BCUT2D eigenvalue weighted by Crippen LogP contribution is -2.42.